The third-order valence-corrected chi connectivity index (χ3v) is 6.90. The third kappa shape index (κ3) is 5.53. The first kappa shape index (κ1) is 25.0. The zero-order valence-corrected chi connectivity index (χ0v) is 20.5. The lowest BCUT2D eigenvalue weighted by molar-refractivity contribution is -0.137. The van der Waals surface area contributed by atoms with E-state index in [4.69, 9.17) is 0 Å². The number of alkyl halides is 3. The molecule has 37 heavy (non-hydrogen) atoms. The molecule has 1 saturated heterocycles. The summed E-state index contributed by atoms with van der Waals surface area (Å²) < 4.78 is 40.7. The molecule has 0 radical (unpaired) electrons. The van der Waals surface area contributed by atoms with Crippen molar-refractivity contribution in [3.8, 4) is 0 Å². The summed E-state index contributed by atoms with van der Waals surface area (Å²) in [7, 11) is 0. The van der Waals surface area contributed by atoms with Gasteiger partial charge >= 0.3 is 6.18 Å². The Balaban J connectivity index is 1.20. The third-order valence-electron chi connectivity index (χ3n) is 6.90. The molecule has 2 aliphatic heterocycles. The van der Waals surface area contributed by atoms with Gasteiger partial charge in [0.2, 0.25) is 0 Å². The van der Waals surface area contributed by atoms with Gasteiger partial charge in [-0.05, 0) is 30.2 Å². The number of nitrogens with zero attached hydrogens (tertiary/aromatic N) is 5. The van der Waals surface area contributed by atoms with Crippen LogP contribution in [0.2, 0.25) is 0 Å². The minimum absolute atomic E-state index is 0.0557. The van der Waals surface area contributed by atoms with Crippen LogP contribution in [0.4, 0.5) is 13.2 Å². The summed E-state index contributed by atoms with van der Waals surface area (Å²) in [6.07, 6.45) is -4.44. The number of hydrogen-bond donors (Lipinski definition) is 0. The van der Waals surface area contributed by atoms with Crippen molar-refractivity contribution in [1.82, 2.24) is 24.5 Å². The van der Waals surface area contributed by atoms with Gasteiger partial charge in [0.15, 0.2) is 5.69 Å². The van der Waals surface area contributed by atoms with Crippen molar-refractivity contribution in [2.45, 2.75) is 32.7 Å². The minimum atomic E-state index is -4.44. The molecule has 194 valence electrons. The molecule has 3 aromatic rings. The highest BCUT2D eigenvalue weighted by Crippen LogP contribution is 2.30. The van der Waals surface area contributed by atoms with Crippen LogP contribution in [-0.4, -0.2) is 69.0 Å². The highest BCUT2D eigenvalue weighted by molar-refractivity contribution is 5.98. The maximum atomic E-state index is 13.1. The van der Waals surface area contributed by atoms with Crippen molar-refractivity contribution < 1.29 is 22.8 Å². The number of piperazine rings is 1. The standard InChI is InChI=1S/C27H28F3N5O2/c1-19-5-7-20(8-6-19)17-32-9-11-33(12-10-32)25(36)23-16-24-26(37)34(13-14-35(24)31-23)18-21-3-2-4-22(15-21)27(28,29)30/h2-8,15-16H,9-14,17-18H2,1H3. The largest absolute Gasteiger partial charge is 0.416 e. The zero-order valence-electron chi connectivity index (χ0n) is 20.5. The van der Waals surface area contributed by atoms with Crippen LogP contribution in [-0.2, 0) is 25.8 Å². The molecule has 0 atom stereocenters. The summed E-state index contributed by atoms with van der Waals surface area (Å²) in [4.78, 5) is 31.7. The van der Waals surface area contributed by atoms with E-state index in [-0.39, 0.29) is 29.7 Å². The Kier molecular flexibility index (Phi) is 6.76. The van der Waals surface area contributed by atoms with E-state index in [1.54, 1.807) is 11.0 Å². The van der Waals surface area contributed by atoms with Gasteiger partial charge in [-0.15, -0.1) is 0 Å². The van der Waals surface area contributed by atoms with Crippen LogP contribution < -0.4 is 0 Å². The van der Waals surface area contributed by atoms with Crippen molar-refractivity contribution in [2.75, 3.05) is 32.7 Å². The summed E-state index contributed by atoms with van der Waals surface area (Å²) in [5.74, 6) is -0.563. The Bertz CT molecular complexity index is 1290. The number of aryl methyl sites for hydroxylation is 1. The maximum Gasteiger partial charge on any atom is 0.416 e. The monoisotopic (exact) mass is 511 g/mol. The van der Waals surface area contributed by atoms with E-state index in [1.165, 1.54) is 32.8 Å². The molecule has 2 aromatic carbocycles. The predicted octanol–water partition coefficient (Wildman–Crippen LogP) is 3.82. The van der Waals surface area contributed by atoms with Crippen molar-refractivity contribution >= 4 is 11.8 Å². The van der Waals surface area contributed by atoms with Crippen LogP contribution in [0.3, 0.4) is 0 Å². The quantitative estimate of drug-likeness (QED) is 0.523. The Morgan fingerprint density at radius 1 is 0.892 bits per heavy atom. The van der Waals surface area contributed by atoms with Crippen molar-refractivity contribution in [2.24, 2.45) is 0 Å². The molecule has 0 bridgehead atoms. The molecule has 0 unspecified atom stereocenters. The van der Waals surface area contributed by atoms with E-state index in [9.17, 15) is 22.8 Å². The first-order valence-electron chi connectivity index (χ1n) is 12.3. The second-order valence-corrected chi connectivity index (χ2v) is 9.62. The summed E-state index contributed by atoms with van der Waals surface area (Å²) in [5.41, 5.74) is 2.61. The molecular weight excluding hydrogens is 483 g/mol. The Morgan fingerprint density at radius 2 is 1.62 bits per heavy atom. The van der Waals surface area contributed by atoms with E-state index in [0.29, 0.717) is 31.7 Å². The number of hydrogen-bond acceptors (Lipinski definition) is 4. The fourth-order valence-corrected chi connectivity index (χ4v) is 4.78. The van der Waals surface area contributed by atoms with Crippen molar-refractivity contribution in [3.63, 3.8) is 0 Å². The molecule has 0 spiro atoms. The van der Waals surface area contributed by atoms with Crippen LogP contribution in [0, 0.1) is 6.92 Å². The number of aromatic nitrogens is 2. The first-order valence-corrected chi connectivity index (χ1v) is 12.3. The van der Waals surface area contributed by atoms with Gasteiger partial charge < -0.3 is 9.80 Å². The van der Waals surface area contributed by atoms with Gasteiger partial charge in [-0.25, -0.2) is 0 Å². The number of carbonyl (C=O) groups excluding carboxylic acids is 2. The normalized spacial score (nSPS) is 16.7. The van der Waals surface area contributed by atoms with Crippen LogP contribution in [0.5, 0.6) is 0 Å². The summed E-state index contributed by atoms with van der Waals surface area (Å²) in [6, 6.07) is 14.9. The second-order valence-electron chi connectivity index (χ2n) is 9.62. The lowest BCUT2D eigenvalue weighted by Crippen LogP contribution is -2.48. The summed E-state index contributed by atoms with van der Waals surface area (Å²) in [6.45, 7) is 6.26. The lowest BCUT2D eigenvalue weighted by atomic mass is 10.1. The fourth-order valence-electron chi connectivity index (χ4n) is 4.78. The van der Waals surface area contributed by atoms with E-state index in [1.807, 2.05) is 0 Å². The van der Waals surface area contributed by atoms with Crippen molar-refractivity contribution in [1.29, 1.82) is 0 Å². The maximum absolute atomic E-state index is 13.1. The van der Waals surface area contributed by atoms with Gasteiger partial charge in [0.25, 0.3) is 11.8 Å². The number of benzene rings is 2. The van der Waals surface area contributed by atoms with E-state index in [0.717, 1.165) is 31.8 Å². The SMILES string of the molecule is Cc1ccc(CN2CCN(C(=O)c3cc4n(n3)CCN(Cc3cccc(C(F)(F)F)c3)C4=O)CC2)cc1. The summed E-state index contributed by atoms with van der Waals surface area (Å²) in [5, 5.41) is 4.37. The van der Waals surface area contributed by atoms with Crippen LogP contribution >= 0.6 is 0 Å². The first-order chi connectivity index (χ1) is 17.7. The van der Waals surface area contributed by atoms with Crippen molar-refractivity contribution in [3.05, 3.63) is 88.2 Å². The molecule has 10 heteroatoms. The predicted molar refractivity (Wildman–Crippen MR) is 131 cm³/mol. The van der Waals surface area contributed by atoms with E-state index < -0.39 is 11.7 Å². The number of fused-ring (bicyclic) bond motifs is 1. The van der Waals surface area contributed by atoms with Gasteiger partial charge in [0.1, 0.15) is 5.69 Å². The van der Waals surface area contributed by atoms with Gasteiger partial charge in [0, 0.05) is 51.9 Å². The number of amides is 2. The van der Waals surface area contributed by atoms with E-state index >= 15 is 0 Å². The molecule has 0 N–H and O–H groups in total. The Hall–Kier alpha value is -3.66. The van der Waals surface area contributed by atoms with Crippen LogP contribution in [0.25, 0.3) is 0 Å². The lowest BCUT2D eigenvalue weighted by Gasteiger charge is -2.34. The highest BCUT2D eigenvalue weighted by atomic mass is 19.4. The molecule has 0 saturated carbocycles. The fraction of sp³-hybridized carbons (Fsp3) is 0.370. The summed E-state index contributed by atoms with van der Waals surface area (Å²) >= 11 is 0. The number of rotatable bonds is 5. The van der Waals surface area contributed by atoms with E-state index in [2.05, 4.69) is 41.2 Å². The Morgan fingerprint density at radius 3 is 2.32 bits per heavy atom. The molecule has 1 aromatic heterocycles. The minimum Gasteiger partial charge on any atom is -0.335 e. The van der Waals surface area contributed by atoms with Gasteiger partial charge in [-0.3, -0.25) is 19.2 Å². The molecule has 7 nitrogen and oxygen atoms in total. The topological polar surface area (TPSA) is 61.7 Å². The van der Waals surface area contributed by atoms with Crippen LogP contribution in [0.1, 0.15) is 43.2 Å². The average molecular weight is 512 g/mol. The Labute approximate surface area is 213 Å². The molecule has 2 aliphatic rings. The molecule has 3 heterocycles. The van der Waals surface area contributed by atoms with Gasteiger partial charge in [-0.2, -0.15) is 18.3 Å². The second kappa shape index (κ2) is 10.0. The van der Waals surface area contributed by atoms with Crippen LogP contribution in [0.15, 0.2) is 54.6 Å². The smallest absolute Gasteiger partial charge is 0.335 e. The zero-order chi connectivity index (χ0) is 26.2. The van der Waals surface area contributed by atoms with Gasteiger partial charge in [-0.1, -0.05) is 42.0 Å². The average Bonchev–Trinajstić information content (AvgIpc) is 3.32. The van der Waals surface area contributed by atoms with Gasteiger partial charge in [0.05, 0.1) is 12.1 Å². The molecule has 0 aliphatic carbocycles. The molecular formula is C27H28F3N5O2. The molecule has 1 fully saturated rings. The molecule has 2 amide bonds. The number of carbonyl (C=O) groups is 2. The highest BCUT2D eigenvalue weighted by Gasteiger charge is 2.32. The number of halogens is 3. The molecule has 5 rings (SSSR count).